The Bertz CT molecular complexity index is 706. The van der Waals surface area contributed by atoms with Gasteiger partial charge in [-0.1, -0.05) is 0 Å². The second-order valence-corrected chi connectivity index (χ2v) is 4.66. The lowest BCUT2D eigenvalue weighted by Gasteiger charge is -2.05. The summed E-state index contributed by atoms with van der Waals surface area (Å²) < 4.78 is 5.29. The van der Waals surface area contributed by atoms with Gasteiger partial charge in [0.05, 0.1) is 23.5 Å². The van der Waals surface area contributed by atoms with Crippen LogP contribution in [0.3, 0.4) is 0 Å². The lowest BCUT2D eigenvalue weighted by molar-refractivity contribution is 0.0694. The first-order chi connectivity index (χ1) is 9.88. The second kappa shape index (κ2) is 5.74. The lowest BCUT2D eigenvalue weighted by Crippen LogP contribution is -2.24. The average Bonchev–Trinajstić information content (AvgIpc) is 2.80. The van der Waals surface area contributed by atoms with Crippen molar-refractivity contribution in [3.63, 3.8) is 0 Å². The molecule has 110 valence electrons. The molecule has 7 nitrogen and oxygen atoms in total. The number of rotatable bonds is 4. The normalized spacial score (nSPS) is 10.4. The number of furan rings is 1. The lowest BCUT2D eigenvalue weighted by atomic mass is 10.2. The molecule has 0 aliphatic carbocycles. The molecule has 0 saturated heterocycles. The third-order valence-electron chi connectivity index (χ3n) is 2.97. The number of carbonyl (C=O) groups excluding carboxylic acids is 1. The molecule has 7 heteroatoms. The summed E-state index contributed by atoms with van der Waals surface area (Å²) >= 11 is 0. The van der Waals surface area contributed by atoms with Gasteiger partial charge in [0.1, 0.15) is 17.1 Å². The maximum atomic E-state index is 12.1. The maximum absolute atomic E-state index is 12.1. The minimum Gasteiger partial charge on any atom is -0.478 e. The van der Waals surface area contributed by atoms with Crippen LogP contribution in [0, 0.1) is 20.8 Å². The van der Waals surface area contributed by atoms with Crippen LogP contribution in [0.5, 0.6) is 0 Å². The first-order valence-electron chi connectivity index (χ1n) is 6.30. The molecule has 0 atom stereocenters. The summed E-state index contributed by atoms with van der Waals surface area (Å²) in [7, 11) is 0. The monoisotopic (exact) mass is 289 g/mol. The molecule has 2 aromatic heterocycles. The van der Waals surface area contributed by atoms with Gasteiger partial charge in [0.2, 0.25) is 0 Å². The Morgan fingerprint density at radius 3 is 2.52 bits per heavy atom. The summed E-state index contributed by atoms with van der Waals surface area (Å²) in [4.78, 5) is 23.0. The van der Waals surface area contributed by atoms with E-state index in [1.54, 1.807) is 26.8 Å². The van der Waals surface area contributed by atoms with Crippen molar-refractivity contribution in [3.8, 4) is 0 Å². The molecule has 2 aromatic rings. The van der Waals surface area contributed by atoms with Crippen LogP contribution in [0.15, 0.2) is 16.5 Å². The molecule has 21 heavy (non-hydrogen) atoms. The van der Waals surface area contributed by atoms with Gasteiger partial charge in [-0.2, -0.15) is 10.2 Å². The summed E-state index contributed by atoms with van der Waals surface area (Å²) in [5.41, 5.74) is 1.70. The summed E-state index contributed by atoms with van der Waals surface area (Å²) in [6.45, 7) is 5.11. The number of aromatic carboxylic acids is 1. The number of hydrogen-bond donors (Lipinski definition) is 2. The molecular formula is C14H15N3O4. The van der Waals surface area contributed by atoms with Gasteiger partial charge in [0, 0.05) is 0 Å². The largest absolute Gasteiger partial charge is 0.478 e. The number of nitrogens with one attached hydrogen (secondary N) is 1. The van der Waals surface area contributed by atoms with Gasteiger partial charge in [-0.15, -0.1) is 0 Å². The molecule has 0 unspecified atom stereocenters. The van der Waals surface area contributed by atoms with Gasteiger partial charge in [-0.05, 0) is 32.9 Å². The fraction of sp³-hybridized carbons (Fsp3) is 0.286. The average molecular weight is 289 g/mol. The van der Waals surface area contributed by atoms with Crippen LogP contribution in [-0.4, -0.2) is 27.2 Å². The topological polar surface area (TPSA) is 105 Å². The van der Waals surface area contributed by atoms with Gasteiger partial charge in [-0.3, -0.25) is 4.79 Å². The molecule has 0 saturated carbocycles. The van der Waals surface area contributed by atoms with Crippen LogP contribution in [-0.2, 0) is 6.54 Å². The number of carboxylic acids is 1. The van der Waals surface area contributed by atoms with Gasteiger partial charge >= 0.3 is 5.97 Å². The van der Waals surface area contributed by atoms with E-state index in [-0.39, 0.29) is 18.0 Å². The van der Waals surface area contributed by atoms with Crippen LogP contribution < -0.4 is 5.32 Å². The number of aryl methyl sites for hydroxylation is 3. The molecule has 2 heterocycles. The molecule has 1 amide bonds. The van der Waals surface area contributed by atoms with E-state index in [0.29, 0.717) is 28.5 Å². The van der Waals surface area contributed by atoms with Crippen molar-refractivity contribution in [2.24, 2.45) is 0 Å². The smallest absolute Gasteiger partial charge is 0.339 e. The molecule has 0 bridgehead atoms. The van der Waals surface area contributed by atoms with E-state index >= 15 is 0 Å². The SMILES string of the molecule is Cc1cc(C(=O)NCc2cc(C(=O)O)c(C)o2)c(C)nn1. The van der Waals surface area contributed by atoms with Gasteiger partial charge in [0.25, 0.3) is 5.91 Å². The van der Waals surface area contributed by atoms with E-state index in [2.05, 4.69) is 15.5 Å². The number of carboxylic acid groups (broad SMARTS) is 1. The number of amides is 1. The summed E-state index contributed by atoms with van der Waals surface area (Å²) in [6, 6.07) is 3.05. The highest BCUT2D eigenvalue weighted by Crippen LogP contribution is 2.14. The maximum Gasteiger partial charge on any atom is 0.339 e. The molecule has 0 aliphatic rings. The standard InChI is InChI=1S/C14H15N3O4/c1-7-4-11(8(2)17-16-7)13(18)15-6-10-5-12(14(19)20)9(3)21-10/h4-5H,6H2,1-3H3,(H,15,18)(H,19,20). The van der Waals surface area contributed by atoms with Crippen LogP contribution in [0.1, 0.15) is 43.6 Å². The van der Waals surface area contributed by atoms with Gasteiger partial charge < -0.3 is 14.8 Å². The van der Waals surface area contributed by atoms with Gasteiger partial charge in [-0.25, -0.2) is 4.79 Å². The van der Waals surface area contributed by atoms with Crippen molar-refractivity contribution in [1.82, 2.24) is 15.5 Å². The number of hydrogen-bond acceptors (Lipinski definition) is 5. The van der Waals surface area contributed by atoms with Crippen molar-refractivity contribution in [2.75, 3.05) is 0 Å². The Labute approximate surface area is 121 Å². The fourth-order valence-corrected chi connectivity index (χ4v) is 1.89. The zero-order valence-corrected chi connectivity index (χ0v) is 11.9. The van der Waals surface area contributed by atoms with Crippen LogP contribution in [0.25, 0.3) is 0 Å². The summed E-state index contributed by atoms with van der Waals surface area (Å²) in [5, 5.41) is 19.4. The molecule has 2 rings (SSSR count). The van der Waals surface area contributed by atoms with Crippen molar-refractivity contribution in [2.45, 2.75) is 27.3 Å². The van der Waals surface area contributed by atoms with E-state index in [9.17, 15) is 9.59 Å². The summed E-state index contributed by atoms with van der Waals surface area (Å²) in [5.74, 6) is -0.672. The second-order valence-electron chi connectivity index (χ2n) is 4.66. The Balaban J connectivity index is 2.09. The Hall–Kier alpha value is -2.70. The van der Waals surface area contributed by atoms with Crippen molar-refractivity contribution < 1.29 is 19.1 Å². The van der Waals surface area contributed by atoms with E-state index in [4.69, 9.17) is 9.52 Å². The molecule has 2 N–H and O–H groups in total. The molecule has 0 aromatic carbocycles. The van der Waals surface area contributed by atoms with E-state index in [0.717, 1.165) is 0 Å². The van der Waals surface area contributed by atoms with E-state index < -0.39 is 5.97 Å². The number of nitrogens with zero attached hydrogens (tertiary/aromatic N) is 2. The fourth-order valence-electron chi connectivity index (χ4n) is 1.89. The van der Waals surface area contributed by atoms with E-state index in [1.807, 2.05) is 0 Å². The minimum absolute atomic E-state index is 0.0943. The van der Waals surface area contributed by atoms with Crippen molar-refractivity contribution in [3.05, 3.63) is 46.2 Å². The van der Waals surface area contributed by atoms with E-state index in [1.165, 1.54) is 6.07 Å². The predicted molar refractivity (Wildman–Crippen MR) is 73.1 cm³/mol. The van der Waals surface area contributed by atoms with Crippen LogP contribution in [0.4, 0.5) is 0 Å². The zero-order chi connectivity index (χ0) is 15.6. The highest BCUT2D eigenvalue weighted by molar-refractivity contribution is 5.95. The first kappa shape index (κ1) is 14.7. The number of carbonyl (C=O) groups is 2. The van der Waals surface area contributed by atoms with Crippen molar-refractivity contribution in [1.29, 1.82) is 0 Å². The molecule has 0 spiro atoms. The molecule has 0 aliphatic heterocycles. The third kappa shape index (κ3) is 3.25. The van der Waals surface area contributed by atoms with Crippen molar-refractivity contribution >= 4 is 11.9 Å². The third-order valence-corrected chi connectivity index (χ3v) is 2.97. The molecular weight excluding hydrogens is 274 g/mol. The van der Waals surface area contributed by atoms with Crippen LogP contribution >= 0.6 is 0 Å². The number of aromatic nitrogens is 2. The predicted octanol–water partition coefficient (Wildman–Crippen LogP) is 1.62. The summed E-state index contributed by atoms with van der Waals surface area (Å²) in [6.07, 6.45) is 0. The Morgan fingerprint density at radius 2 is 1.90 bits per heavy atom. The quantitative estimate of drug-likeness (QED) is 0.886. The molecule has 0 radical (unpaired) electrons. The molecule has 0 fully saturated rings. The Morgan fingerprint density at radius 1 is 1.19 bits per heavy atom. The Kier molecular flexibility index (Phi) is 4.02. The minimum atomic E-state index is -1.06. The van der Waals surface area contributed by atoms with Gasteiger partial charge in [0.15, 0.2) is 0 Å². The highest BCUT2D eigenvalue weighted by atomic mass is 16.4. The zero-order valence-electron chi connectivity index (χ0n) is 11.9. The first-order valence-corrected chi connectivity index (χ1v) is 6.30. The highest BCUT2D eigenvalue weighted by Gasteiger charge is 2.15. The van der Waals surface area contributed by atoms with Crippen LogP contribution in [0.2, 0.25) is 0 Å².